The third-order valence-electron chi connectivity index (χ3n) is 2.01. The summed E-state index contributed by atoms with van der Waals surface area (Å²) in [5.74, 6) is 0.619. The van der Waals surface area contributed by atoms with Gasteiger partial charge >= 0.3 is 0 Å². The number of aliphatic hydroxyl groups is 1. The van der Waals surface area contributed by atoms with Crippen LogP contribution in [0.5, 0.6) is 0 Å². The summed E-state index contributed by atoms with van der Waals surface area (Å²) >= 11 is 0. The molecule has 0 unspecified atom stereocenters. The standard InChI is InChI=1S/C12H27NO2/c1-11(2)10-15-9-5-7-13-8-6-12(3,4)14/h11,13-14H,5-10H2,1-4H3. The van der Waals surface area contributed by atoms with Crippen molar-refractivity contribution >= 4 is 0 Å². The van der Waals surface area contributed by atoms with Gasteiger partial charge < -0.3 is 15.2 Å². The van der Waals surface area contributed by atoms with Crippen LogP contribution in [0, 0.1) is 5.92 Å². The summed E-state index contributed by atoms with van der Waals surface area (Å²) in [6.45, 7) is 11.5. The second-order valence-corrected chi connectivity index (χ2v) is 5.13. The summed E-state index contributed by atoms with van der Waals surface area (Å²) < 4.78 is 5.45. The Kier molecular flexibility index (Phi) is 8.02. The molecule has 3 heteroatoms. The van der Waals surface area contributed by atoms with Gasteiger partial charge in [-0.3, -0.25) is 0 Å². The van der Waals surface area contributed by atoms with E-state index in [-0.39, 0.29) is 0 Å². The minimum absolute atomic E-state index is 0.554. The number of ether oxygens (including phenoxy) is 1. The molecule has 0 spiro atoms. The fourth-order valence-corrected chi connectivity index (χ4v) is 1.14. The fourth-order valence-electron chi connectivity index (χ4n) is 1.14. The molecule has 2 N–H and O–H groups in total. The van der Waals surface area contributed by atoms with Crippen molar-refractivity contribution in [3.05, 3.63) is 0 Å². The first kappa shape index (κ1) is 14.9. The Balaban J connectivity index is 3.06. The van der Waals surface area contributed by atoms with E-state index in [1.54, 1.807) is 0 Å². The minimum Gasteiger partial charge on any atom is -0.390 e. The van der Waals surface area contributed by atoms with Crippen molar-refractivity contribution in [1.82, 2.24) is 5.32 Å². The molecule has 3 nitrogen and oxygen atoms in total. The Labute approximate surface area is 94.2 Å². The summed E-state index contributed by atoms with van der Waals surface area (Å²) in [6.07, 6.45) is 1.83. The zero-order valence-electron chi connectivity index (χ0n) is 10.7. The average molecular weight is 217 g/mol. The van der Waals surface area contributed by atoms with Crippen LogP contribution in [-0.2, 0) is 4.74 Å². The van der Waals surface area contributed by atoms with Crippen LogP contribution in [0.1, 0.15) is 40.5 Å². The third-order valence-corrected chi connectivity index (χ3v) is 2.01. The van der Waals surface area contributed by atoms with Crippen LogP contribution in [0.4, 0.5) is 0 Å². The smallest absolute Gasteiger partial charge is 0.0603 e. The lowest BCUT2D eigenvalue weighted by molar-refractivity contribution is 0.0706. The molecule has 0 aliphatic carbocycles. The van der Waals surface area contributed by atoms with Gasteiger partial charge in [-0.05, 0) is 45.7 Å². The lowest BCUT2D eigenvalue weighted by Crippen LogP contribution is -2.27. The number of nitrogens with one attached hydrogen (secondary N) is 1. The van der Waals surface area contributed by atoms with Gasteiger partial charge in [0.2, 0.25) is 0 Å². The normalized spacial score (nSPS) is 12.4. The van der Waals surface area contributed by atoms with Crippen molar-refractivity contribution in [2.75, 3.05) is 26.3 Å². The highest BCUT2D eigenvalue weighted by Crippen LogP contribution is 2.04. The van der Waals surface area contributed by atoms with Gasteiger partial charge in [0.25, 0.3) is 0 Å². The second kappa shape index (κ2) is 8.08. The van der Waals surface area contributed by atoms with Crippen LogP contribution in [0.25, 0.3) is 0 Å². The summed E-state index contributed by atoms with van der Waals surface area (Å²) in [5.41, 5.74) is -0.554. The molecule has 0 bridgehead atoms. The van der Waals surface area contributed by atoms with E-state index < -0.39 is 5.60 Å². The molecular weight excluding hydrogens is 190 g/mol. The van der Waals surface area contributed by atoms with Crippen LogP contribution in [-0.4, -0.2) is 37.0 Å². The van der Waals surface area contributed by atoms with Crippen LogP contribution < -0.4 is 5.32 Å². The zero-order chi connectivity index (χ0) is 11.7. The van der Waals surface area contributed by atoms with Crippen molar-refractivity contribution in [3.8, 4) is 0 Å². The highest BCUT2D eigenvalue weighted by Gasteiger charge is 2.10. The van der Waals surface area contributed by atoms with Gasteiger partial charge in [0.15, 0.2) is 0 Å². The molecule has 0 atom stereocenters. The van der Waals surface area contributed by atoms with E-state index in [2.05, 4.69) is 19.2 Å². The Morgan fingerprint density at radius 3 is 2.47 bits per heavy atom. The molecule has 0 aromatic rings. The number of hydrogen-bond donors (Lipinski definition) is 2. The quantitative estimate of drug-likeness (QED) is 0.579. The van der Waals surface area contributed by atoms with Gasteiger partial charge in [-0.2, -0.15) is 0 Å². The maximum absolute atomic E-state index is 9.45. The van der Waals surface area contributed by atoms with Crippen molar-refractivity contribution in [1.29, 1.82) is 0 Å². The van der Waals surface area contributed by atoms with E-state index in [0.717, 1.165) is 39.1 Å². The minimum atomic E-state index is -0.554. The van der Waals surface area contributed by atoms with Crippen molar-refractivity contribution < 1.29 is 9.84 Å². The predicted octanol–water partition coefficient (Wildman–Crippen LogP) is 1.80. The highest BCUT2D eigenvalue weighted by atomic mass is 16.5. The Hall–Kier alpha value is -0.120. The van der Waals surface area contributed by atoms with E-state index in [4.69, 9.17) is 4.74 Å². The van der Waals surface area contributed by atoms with Gasteiger partial charge in [-0.15, -0.1) is 0 Å². The Morgan fingerprint density at radius 2 is 1.93 bits per heavy atom. The Morgan fingerprint density at radius 1 is 1.27 bits per heavy atom. The molecule has 0 aromatic heterocycles. The molecule has 0 aliphatic rings. The van der Waals surface area contributed by atoms with Crippen LogP contribution in [0.15, 0.2) is 0 Å². The van der Waals surface area contributed by atoms with Gasteiger partial charge in [-0.1, -0.05) is 13.8 Å². The summed E-state index contributed by atoms with van der Waals surface area (Å²) in [6, 6.07) is 0. The Bertz CT molecular complexity index is 141. The molecule has 0 amide bonds. The van der Waals surface area contributed by atoms with Crippen LogP contribution in [0.3, 0.4) is 0 Å². The molecular formula is C12H27NO2. The predicted molar refractivity (Wildman–Crippen MR) is 64.1 cm³/mol. The van der Waals surface area contributed by atoms with Crippen molar-refractivity contribution in [3.63, 3.8) is 0 Å². The maximum Gasteiger partial charge on any atom is 0.0603 e. The lowest BCUT2D eigenvalue weighted by Gasteiger charge is -2.16. The van der Waals surface area contributed by atoms with Gasteiger partial charge in [0, 0.05) is 13.2 Å². The van der Waals surface area contributed by atoms with Gasteiger partial charge in [-0.25, -0.2) is 0 Å². The van der Waals surface area contributed by atoms with Crippen LogP contribution >= 0.6 is 0 Å². The first-order chi connectivity index (χ1) is 6.92. The van der Waals surface area contributed by atoms with E-state index >= 15 is 0 Å². The maximum atomic E-state index is 9.45. The largest absolute Gasteiger partial charge is 0.390 e. The molecule has 0 aliphatic heterocycles. The second-order valence-electron chi connectivity index (χ2n) is 5.13. The lowest BCUT2D eigenvalue weighted by atomic mass is 10.1. The van der Waals surface area contributed by atoms with Crippen LogP contribution in [0.2, 0.25) is 0 Å². The van der Waals surface area contributed by atoms with Crippen molar-refractivity contribution in [2.24, 2.45) is 5.92 Å². The first-order valence-corrected chi connectivity index (χ1v) is 5.92. The topological polar surface area (TPSA) is 41.5 Å². The molecule has 0 heterocycles. The molecule has 0 rings (SSSR count). The molecule has 0 aromatic carbocycles. The van der Waals surface area contributed by atoms with Gasteiger partial charge in [0.05, 0.1) is 5.60 Å². The van der Waals surface area contributed by atoms with E-state index in [9.17, 15) is 5.11 Å². The third kappa shape index (κ3) is 13.9. The molecule has 92 valence electrons. The first-order valence-electron chi connectivity index (χ1n) is 5.92. The average Bonchev–Trinajstić information content (AvgIpc) is 2.07. The van der Waals surface area contributed by atoms with E-state index in [1.165, 1.54) is 0 Å². The summed E-state index contributed by atoms with van der Waals surface area (Å²) in [7, 11) is 0. The molecule has 0 fully saturated rings. The molecule has 0 radical (unpaired) electrons. The van der Waals surface area contributed by atoms with Gasteiger partial charge in [0.1, 0.15) is 0 Å². The highest BCUT2D eigenvalue weighted by molar-refractivity contribution is 4.66. The molecule has 15 heavy (non-hydrogen) atoms. The monoisotopic (exact) mass is 217 g/mol. The van der Waals surface area contributed by atoms with Crippen molar-refractivity contribution in [2.45, 2.75) is 46.1 Å². The number of rotatable bonds is 9. The number of hydrogen-bond acceptors (Lipinski definition) is 3. The zero-order valence-corrected chi connectivity index (χ0v) is 10.7. The SMILES string of the molecule is CC(C)COCCCNCCC(C)(C)O. The summed E-state index contributed by atoms with van der Waals surface area (Å²) in [4.78, 5) is 0. The molecule has 0 saturated carbocycles. The summed E-state index contributed by atoms with van der Waals surface area (Å²) in [5, 5.41) is 12.7. The fraction of sp³-hybridized carbons (Fsp3) is 1.00. The molecule has 0 saturated heterocycles. The van der Waals surface area contributed by atoms with E-state index in [1.807, 2.05) is 13.8 Å². The van der Waals surface area contributed by atoms with E-state index in [0.29, 0.717) is 5.92 Å².